The molecule has 140 valence electrons. The molecule has 25 heavy (non-hydrogen) atoms. The summed E-state index contributed by atoms with van der Waals surface area (Å²) >= 11 is 0. The topological polar surface area (TPSA) is 85.9 Å². The van der Waals surface area contributed by atoms with Crippen molar-refractivity contribution in [2.45, 2.75) is 39.7 Å². The fraction of sp³-hybridized carbons (Fsp3) is 0.556. The third-order valence-electron chi connectivity index (χ3n) is 3.35. The number of carbonyl (C=O) groups is 2. The lowest BCUT2D eigenvalue weighted by Crippen LogP contribution is -2.40. The Morgan fingerprint density at radius 2 is 1.64 bits per heavy atom. The van der Waals surface area contributed by atoms with Crippen LogP contribution in [0.25, 0.3) is 0 Å². The molecule has 0 spiro atoms. The second-order valence-corrected chi connectivity index (χ2v) is 6.59. The molecular formula is C18H28N2O5. The first-order valence-electron chi connectivity index (χ1n) is 8.11. The summed E-state index contributed by atoms with van der Waals surface area (Å²) in [7, 11) is 3.18. The highest BCUT2D eigenvalue weighted by atomic mass is 16.6. The molecule has 0 aromatic heterocycles. The number of hydrogen-bond acceptors (Lipinski definition) is 5. The Labute approximate surface area is 149 Å². The molecule has 2 amide bonds. The fourth-order valence-corrected chi connectivity index (χ4v) is 2.16. The van der Waals surface area contributed by atoms with E-state index < -0.39 is 11.7 Å². The maximum atomic E-state index is 11.8. The predicted molar refractivity (Wildman–Crippen MR) is 95.2 cm³/mol. The molecule has 0 radical (unpaired) electrons. The third kappa shape index (κ3) is 7.32. The molecule has 0 heterocycles. The number of benzene rings is 1. The van der Waals surface area contributed by atoms with Gasteiger partial charge in [0.05, 0.1) is 20.8 Å². The molecule has 0 atom stereocenters. The summed E-state index contributed by atoms with van der Waals surface area (Å²) in [5.74, 6) is 1.05. The van der Waals surface area contributed by atoms with Crippen LogP contribution < -0.4 is 20.1 Å². The van der Waals surface area contributed by atoms with Gasteiger partial charge in [0.25, 0.3) is 0 Å². The highest BCUT2D eigenvalue weighted by Gasteiger charge is 2.16. The molecule has 7 heteroatoms. The van der Waals surface area contributed by atoms with Gasteiger partial charge in [0.1, 0.15) is 5.60 Å². The molecule has 1 aromatic rings. The summed E-state index contributed by atoms with van der Waals surface area (Å²) in [6, 6.07) is 3.80. The van der Waals surface area contributed by atoms with Crippen LogP contribution in [0, 0.1) is 6.92 Å². The lowest BCUT2D eigenvalue weighted by molar-refractivity contribution is -0.120. The van der Waals surface area contributed by atoms with E-state index in [9.17, 15) is 9.59 Å². The highest BCUT2D eigenvalue weighted by molar-refractivity contribution is 5.82. The number of nitrogens with one attached hydrogen (secondary N) is 2. The van der Waals surface area contributed by atoms with Gasteiger partial charge in [-0.3, -0.25) is 4.79 Å². The van der Waals surface area contributed by atoms with Crippen molar-refractivity contribution < 1.29 is 23.8 Å². The molecule has 0 bridgehead atoms. The lowest BCUT2D eigenvalue weighted by Gasteiger charge is -2.19. The SMILES string of the molecule is COc1cc(C)c(CCNC(=O)CNC(=O)OC(C)(C)C)cc1OC. The number of amides is 2. The van der Waals surface area contributed by atoms with Gasteiger partial charge >= 0.3 is 6.09 Å². The van der Waals surface area contributed by atoms with Crippen LogP contribution in [0.5, 0.6) is 11.5 Å². The second-order valence-electron chi connectivity index (χ2n) is 6.59. The van der Waals surface area contributed by atoms with Crippen molar-refractivity contribution >= 4 is 12.0 Å². The molecule has 0 saturated carbocycles. The maximum Gasteiger partial charge on any atom is 0.408 e. The molecule has 0 fully saturated rings. The van der Waals surface area contributed by atoms with Crippen molar-refractivity contribution in [1.29, 1.82) is 0 Å². The molecule has 1 rings (SSSR count). The van der Waals surface area contributed by atoms with E-state index in [1.54, 1.807) is 35.0 Å². The van der Waals surface area contributed by atoms with Gasteiger partial charge in [0, 0.05) is 6.54 Å². The van der Waals surface area contributed by atoms with Crippen LogP contribution in [-0.2, 0) is 16.0 Å². The van der Waals surface area contributed by atoms with E-state index in [1.807, 2.05) is 19.1 Å². The first-order chi connectivity index (χ1) is 11.7. The monoisotopic (exact) mass is 352 g/mol. The van der Waals surface area contributed by atoms with Crippen LogP contribution in [0.15, 0.2) is 12.1 Å². The second kappa shape index (κ2) is 9.15. The summed E-state index contributed by atoms with van der Waals surface area (Å²) in [5, 5.41) is 5.18. The Morgan fingerprint density at radius 1 is 1.04 bits per heavy atom. The molecule has 0 unspecified atom stereocenters. The normalized spacial score (nSPS) is 10.8. The average Bonchev–Trinajstić information content (AvgIpc) is 2.52. The zero-order chi connectivity index (χ0) is 19.0. The highest BCUT2D eigenvalue weighted by Crippen LogP contribution is 2.30. The number of ether oxygens (including phenoxy) is 3. The van der Waals surface area contributed by atoms with E-state index in [0.717, 1.165) is 11.1 Å². The number of hydrogen-bond donors (Lipinski definition) is 2. The Morgan fingerprint density at radius 3 is 2.20 bits per heavy atom. The van der Waals surface area contributed by atoms with Crippen LogP contribution in [0.2, 0.25) is 0 Å². The van der Waals surface area contributed by atoms with Gasteiger partial charge in [-0.2, -0.15) is 0 Å². The van der Waals surface area contributed by atoms with Gasteiger partial charge in [-0.05, 0) is 57.4 Å². The van der Waals surface area contributed by atoms with Crippen molar-refractivity contribution in [1.82, 2.24) is 10.6 Å². The summed E-state index contributed by atoms with van der Waals surface area (Å²) in [5.41, 5.74) is 1.52. The van der Waals surface area contributed by atoms with E-state index >= 15 is 0 Å². The predicted octanol–water partition coefficient (Wildman–Crippen LogP) is 2.20. The quantitative estimate of drug-likeness (QED) is 0.786. The lowest BCUT2D eigenvalue weighted by atomic mass is 10.0. The van der Waals surface area contributed by atoms with E-state index in [2.05, 4.69) is 10.6 Å². The number of alkyl carbamates (subject to hydrolysis) is 1. The van der Waals surface area contributed by atoms with Gasteiger partial charge in [0.2, 0.25) is 5.91 Å². The number of carbonyl (C=O) groups excluding carboxylic acids is 2. The minimum Gasteiger partial charge on any atom is -0.493 e. The first kappa shape index (κ1) is 20.6. The molecule has 0 aliphatic rings. The molecule has 7 nitrogen and oxygen atoms in total. The Balaban J connectivity index is 2.44. The minimum atomic E-state index is -0.613. The molecule has 1 aromatic carbocycles. The summed E-state index contributed by atoms with van der Waals surface area (Å²) in [6.45, 7) is 7.59. The van der Waals surface area contributed by atoms with Gasteiger partial charge in [0.15, 0.2) is 11.5 Å². The van der Waals surface area contributed by atoms with E-state index in [1.165, 1.54) is 0 Å². The third-order valence-corrected chi connectivity index (χ3v) is 3.35. The Kier molecular flexibility index (Phi) is 7.54. The number of aryl methyl sites for hydroxylation is 1. The van der Waals surface area contributed by atoms with Gasteiger partial charge in [-0.25, -0.2) is 4.79 Å². The zero-order valence-electron chi connectivity index (χ0n) is 15.8. The summed E-state index contributed by atoms with van der Waals surface area (Å²) in [4.78, 5) is 23.3. The van der Waals surface area contributed by atoms with Crippen LogP contribution in [0.3, 0.4) is 0 Å². The molecule has 2 N–H and O–H groups in total. The molecule has 0 aliphatic heterocycles. The van der Waals surface area contributed by atoms with Crippen LogP contribution in [0.4, 0.5) is 4.79 Å². The van der Waals surface area contributed by atoms with Crippen molar-refractivity contribution in [3.05, 3.63) is 23.3 Å². The van der Waals surface area contributed by atoms with E-state index in [-0.39, 0.29) is 12.5 Å². The van der Waals surface area contributed by atoms with Gasteiger partial charge in [-0.1, -0.05) is 0 Å². The zero-order valence-corrected chi connectivity index (χ0v) is 15.8. The Bertz CT molecular complexity index is 608. The van der Waals surface area contributed by atoms with Crippen LogP contribution in [-0.4, -0.2) is 44.9 Å². The summed E-state index contributed by atoms with van der Waals surface area (Å²) < 4.78 is 15.6. The maximum absolute atomic E-state index is 11.8. The Hall–Kier alpha value is -2.44. The van der Waals surface area contributed by atoms with E-state index in [4.69, 9.17) is 14.2 Å². The minimum absolute atomic E-state index is 0.125. The van der Waals surface area contributed by atoms with Crippen molar-refractivity contribution in [3.63, 3.8) is 0 Å². The summed E-state index contributed by atoms with van der Waals surface area (Å²) in [6.07, 6.45) is 0.0306. The van der Waals surface area contributed by atoms with Gasteiger partial charge in [-0.15, -0.1) is 0 Å². The van der Waals surface area contributed by atoms with Crippen molar-refractivity contribution in [2.24, 2.45) is 0 Å². The molecule has 0 aliphatic carbocycles. The largest absolute Gasteiger partial charge is 0.493 e. The molecule has 0 saturated heterocycles. The van der Waals surface area contributed by atoms with Gasteiger partial charge < -0.3 is 24.8 Å². The van der Waals surface area contributed by atoms with E-state index in [0.29, 0.717) is 24.5 Å². The van der Waals surface area contributed by atoms with Crippen LogP contribution in [0.1, 0.15) is 31.9 Å². The average molecular weight is 352 g/mol. The number of rotatable bonds is 7. The fourth-order valence-electron chi connectivity index (χ4n) is 2.16. The van der Waals surface area contributed by atoms with Crippen molar-refractivity contribution in [3.8, 4) is 11.5 Å². The standard InChI is InChI=1S/C18H28N2O5/c1-12-9-14(23-5)15(24-6)10-13(12)7-8-19-16(21)11-20-17(22)25-18(2,3)4/h9-10H,7-8,11H2,1-6H3,(H,19,21)(H,20,22). The van der Waals surface area contributed by atoms with Crippen molar-refractivity contribution in [2.75, 3.05) is 27.3 Å². The number of methoxy groups -OCH3 is 2. The first-order valence-corrected chi connectivity index (χ1v) is 8.11. The smallest absolute Gasteiger partial charge is 0.408 e. The molecular weight excluding hydrogens is 324 g/mol. The van der Waals surface area contributed by atoms with Crippen LogP contribution >= 0.6 is 0 Å².